The van der Waals surface area contributed by atoms with E-state index in [0.717, 1.165) is 23.7 Å². The van der Waals surface area contributed by atoms with Crippen molar-refractivity contribution in [3.8, 4) is 0 Å². The number of nitrogens with zero attached hydrogens (tertiary/aromatic N) is 2. The molecule has 1 saturated carbocycles. The fourth-order valence-corrected chi connectivity index (χ4v) is 3.56. The first-order valence-electron chi connectivity index (χ1n) is 5.11. The molecule has 0 saturated heterocycles. The molecule has 0 aromatic carbocycles. The molecule has 0 aliphatic heterocycles. The monoisotopic (exact) mass is 304 g/mol. The molecular weight excluding hydrogens is 292 g/mol. The Kier molecular flexibility index (Phi) is 3.21. The van der Waals surface area contributed by atoms with Crippen LogP contribution in [0.2, 0.25) is 0 Å². The minimum atomic E-state index is -3.21. The first kappa shape index (κ1) is 11.9. The van der Waals surface area contributed by atoms with Crippen LogP contribution in [0.25, 0.3) is 0 Å². The topological polar surface area (TPSA) is 50.3 Å². The Balaban J connectivity index is 2.24. The summed E-state index contributed by atoms with van der Waals surface area (Å²) in [6.07, 6.45) is 4.14. The summed E-state index contributed by atoms with van der Waals surface area (Å²) in [4.78, 5) is 4.09. The predicted molar refractivity (Wildman–Crippen MR) is 66.9 cm³/mol. The molecule has 1 aliphatic rings. The van der Waals surface area contributed by atoms with Gasteiger partial charge in [-0.2, -0.15) is 0 Å². The highest BCUT2D eigenvalue weighted by Crippen LogP contribution is 2.29. The Morgan fingerprint density at radius 3 is 2.56 bits per heavy atom. The third kappa shape index (κ3) is 2.08. The molecule has 1 fully saturated rings. The van der Waals surface area contributed by atoms with Crippen LogP contribution in [-0.4, -0.2) is 25.7 Å². The van der Waals surface area contributed by atoms with E-state index in [2.05, 4.69) is 20.9 Å². The van der Waals surface area contributed by atoms with E-state index in [9.17, 15) is 8.42 Å². The maximum Gasteiger partial charge on any atom is 0.238 e. The van der Waals surface area contributed by atoms with E-state index in [-0.39, 0.29) is 5.25 Å². The molecule has 6 heteroatoms. The summed E-state index contributed by atoms with van der Waals surface area (Å²) in [5.41, 5.74) is 0. The van der Waals surface area contributed by atoms with Crippen molar-refractivity contribution in [2.75, 3.05) is 11.4 Å². The molecule has 4 nitrogen and oxygen atoms in total. The molecular formula is C10H13BrN2O2S. The van der Waals surface area contributed by atoms with Gasteiger partial charge in [0.1, 0.15) is 5.82 Å². The van der Waals surface area contributed by atoms with Gasteiger partial charge in [-0.15, -0.1) is 0 Å². The lowest BCUT2D eigenvalue weighted by atomic mass is 10.0. The molecule has 0 radical (unpaired) electrons. The standard InChI is InChI=1S/C10H13BrN2O2S/c1-13(10-6-5-8(11)7-12-10)16(14,15)9-3-2-4-9/h5-7,9H,2-4H2,1H3. The lowest BCUT2D eigenvalue weighted by Crippen LogP contribution is -2.40. The van der Waals surface area contributed by atoms with Crippen LogP contribution in [0.3, 0.4) is 0 Å². The molecule has 0 atom stereocenters. The number of halogens is 1. The Hall–Kier alpha value is -0.620. The van der Waals surface area contributed by atoms with Gasteiger partial charge < -0.3 is 0 Å². The Morgan fingerprint density at radius 1 is 1.44 bits per heavy atom. The minimum Gasteiger partial charge on any atom is -0.257 e. The van der Waals surface area contributed by atoms with E-state index in [1.165, 1.54) is 4.31 Å². The number of hydrogen-bond donors (Lipinski definition) is 0. The van der Waals surface area contributed by atoms with E-state index >= 15 is 0 Å². The Labute approximate surface area is 104 Å². The van der Waals surface area contributed by atoms with Gasteiger partial charge in [0.25, 0.3) is 0 Å². The van der Waals surface area contributed by atoms with Gasteiger partial charge in [-0.05, 0) is 40.9 Å². The summed E-state index contributed by atoms with van der Waals surface area (Å²) in [7, 11) is -1.65. The van der Waals surface area contributed by atoms with Crippen molar-refractivity contribution >= 4 is 31.8 Å². The van der Waals surface area contributed by atoms with Gasteiger partial charge in [-0.1, -0.05) is 6.42 Å². The van der Waals surface area contributed by atoms with E-state index in [0.29, 0.717) is 5.82 Å². The third-order valence-corrected chi connectivity index (χ3v) is 5.62. The van der Waals surface area contributed by atoms with Crippen molar-refractivity contribution in [1.82, 2.24) is 4.98 Å². The Bertz CT molecular complexity index is 468. The molecule has 0 unspecified atom stereocenters. The number of aromatic nitrogens is 1. The third-order valence-electron chi connectivity index (χ3n) is 2.89. The average Bonchev–Trinajstić information content (AvgIpc) is 2.14. The molecule has 1 aliphatic carbocycles. The highest BCUT2D eigenvalue weighted by molar-refractivity contribution is 9.10. The summed E-state index contributed by atoms with van der Waals surface area (Å²) in [6.45, 7) is 0. The van der Waals surface area contributed by atoms with Crippen LogP contribution in [0.5, 0.6) is 0 Å². The van der Waals surface area contributed by atoms with Crippen LogP contribution in [0.15, 0.2) is 22.8 Å². The zero-order valence-corrected chi connectivity index (χ0v) is 11.3. The van der Waals surface area contributed by atoms with Gasteiger partial charge in [0.15, 0.2) is 0 Å². The molecule has 0 spiro atoms. The number of anilines is 1. The number of pyridine rings is 1. The quantitative estimate of drug-likeness (QED) is 0.860. The second kappa shape index (κ2) is 4.33. The van der Waals surface area contributed by atoms with Crippen molar-refractivity contribution in [2.45, 2.75) is 24.5 Å². The van der Waals surface area contributed by atoms with Crippen LogP contribution in [0.4, 0.5) is 5.82 Å². The SMILES string of the molecule is CN(c1ccc(Br)cn1)S(=O)(=O)C1CCC1. The minimum absolute atomic E-state index is 0.219. The summed E-state index contributed by atoms with van der Waals surface area (Å²) >= 11 is 3.27. The van der Waals surface area contributed by atoms with E-state index < -0.39 is 10.0 Å². The van der Waals surface area contributed by atoms with Crippen molar-refractivity contribution in [3.05, 3.63) is 22.8 Å². The molecule has 0 N–H and O–H groups in total. The molecule has 16 heavy (non-hydrogen) atoms. The smallest absolute Gasteiger partial charge is 0.238 e. The zero-order valence-electron chi connectivity index (χ0n) is 8.93. The lowest BCUT2D eigenvalue weighted by Gasteiger charge is -2.30. The van der Waals surface area contributed by atoms with Gasteiger partial charge in [-0.25, -0.2) is 13.4 Å². The molecule has 88 valence electrons. The molecule has 0 amide bonds. The molecule has 1 aromatic heterocycles. The summed E-state index contributed by atoms with van der Waals surface area (Å²) in [5.74, 6) is 0.468. The van der Waals surface area contributed by atoms with Gasteiger partial charge in [0.05, 0.1) is 5.25 Å². The summed E-state index contributed by atoms with van der Waals surface area (Å²) in [5, 5.41) is -0.219. The Morgan fingerprint density at radius 2 is 2.12 bits per heavy atom. The summed E-state index contributed by atoms with van der Waals surface area (Å²) < 4.78 is 26.3. The van der Waals surface area contributed by atoms with Crippen molar-refractivity contribution in [1.29, 1.82) is 0 Å². The van der Waals surface area contributed by atoms with Crippen molar-refractivity contribution in [3.63, 3.8) is 0 Å². The fraction of sp³-hybridized carbons (Fsp3) is 0.500. The average molecular weight is 305 g/mol. The summed E-state index contributed by atoms with van der Waals surface area (Å²) in [6, 6.07) is 3.48. The second-order valence-electron chi connectivity index (χ2n) is 3.90. The highest BCUT2D eigenvalue weighted by Gasteiger charge is 2.34. The molecule has 0 bridgehead atoms. The largest absolute Gasteiger partial charge is 0.257 e. The van der Waals surface area contributed by atoms with Crippen LogP contribution < -0.4 is 4.31 Å². The highest BCUT2D eigenvalue weighted by atomic mass is 79.9. The van der Waals surface area contributed by atoms with Gasteiger partial charge in [0, 0.05) is 17.7 Å². The maximum atomic E-state index is 12.1. The molecule has 1 aromatic rings. The van der Waals surface area contributed by atoms with E-state index in [1.54, 1.807) is 25.4 Å². The number of rotatable bonds is 3. The first-order valence-corrected chi connectivity index (χ1v) is 7.41. The van der Waals surface area contributed by atoms with Crippen LogP contribution in [-0.2, 0) is 10.0 Å². The van der Waals surface area contributed by atoms with Gasteiger partial charge in [-0.3, -0.25) is 4.31 Å². The van der Waals surface area contributed by atoms with Gasteiger partial charge >= 0.3 is 0 Å². The van der Waals surface area contributed by atoms with E-state index in [1.807, 2.05) is 0 Å². The van der Waals surface area contributed by atoms with Crippen LogP contribution >= 0.6 is 15.9 Å². The molecule has 1 heterocycles. The predicted octanol–water partition coefficient (Wildman–Crippen LogP) is 2.16. The molecule has 2 rings (SSSR count). The normalized spacial score (nSPS) is 16.9. The second-order valence-corrected chi connectivity index (χ2v) is 7.06. The first-order chi connectivity index (χ1) is 7.51. The maximum absolute atomic E-state index is 12.1. The lowest BCUT2D eigenvalue weighted by molar-refractivity contribution is 0.475. The van der Waals surface area contributed by atoms with Crippen molar-refractivity contribution in [2.24, 2.45) is 0 Å². The van der Waals surface area contributed by atoms with Crippen LogP contribution in [0, 0.1) is 0 Å². The van der Waals surface area contributed by atoms with Gasteiger partial charge in [0.2, 0.25) is 10.0 Å². The zero-order chi connectivity index (χ0) is 11.8. The number of hydrogen-bond acceptors (Lipinski definition) is 3. The van der Waals surface area contributed by atoms with E-state index in [4.69, 9.17) is 0 Å². The van der Waals surface area contributed by atoms with Crippen molar-refractivity contribution < 1.29 is 8.42 Å². The fourth-order valence-electron chi connectivity index (χ4n) is 1.58. The number of sulfonamides is 1. The van der Waals surface area contributed by atoms with Crippen LogP contribution in [0.1, 0.15) is 19.3 Å².